The van der Waals surface area contributed by atoms with Crippen LogP contribution in [-0.2, 0) is 0 Å². The maximum absolute atomic E-state index is 14.4. The number of hydrogen-bond donors (Lipinski definition) is 6. The van der Waals surface area contributed by atoms with E-state index in [9.17, 15) is 13.6 Å². The fourth-order valence-corrected chi connectivity index (χ4v) is 2.81. The largest absolute Gasteiger partial charge is 0.369 e. The summed E-state index contributed by atoms with van der Waals surface area (Å²) in [6.45, 7) is 0. The Labute approximate surface area is 192 Å². The first-order valence-corrected chi connectivity index (χ1v) is 8.68. The van der Waals surface area contributed by atoms with Crippen LogP contribution >= 0.6 is 24.8 Å². The maximum Gasteiger partial charge on any atom is 0.323 e. The van der Waals surface area contributed by atoms with Crippen LogP contribution < -0.4 is 22.1 Å². The molecule has 0 bridgehead atoms. The molecule has 0 atom stereocenters. The van der Waals surface area contributed by atoms with Crippen molar-refractivity contribution in [3.8, 4) is 22.5 Å². The number of nitrogens with one attached hydrogen (secondary N) is 4. The van der Waals surface area contributed by atoms with Gasteiger partial charge in [-0.15, -0.1) is 24.8 Å². The first-order chi connectivity index (χ1) is 14.4. The molecule has 2 heterocycles. The van der Waals surface area contributed by atoms with Crippen LogP contribution in [-0.4, -0.2) is 26.0 Å². The van der Waals surface area contributed by atoms with E-state index in [4.69, 9.17) is 11.5 Å². The Hall–Kier alpha value is -3.83. The second-order valence-electron chi connectivity index (χ2n) is 6.33. The minimum Gasteiger partial charge on any atom is -0.369 e. The number of imidazole rings is 2. The van der Waals surface area contributed by atoms with Gasteiger partial charge in [-0.2, -0.15) is 0 Å². The highest BCUT2D eigenvalue weighted by molar-refractivity contribution is 6.00. The van der Waals surface area contributed by atoms with E-state index in [0.717, 1.165) is 0 Å². The van der Waals surface area contributed by atoms with Gasteiger partial charge in [0.05, 0.1) is 35.2 Å². The molecule has 4 aromatic rings. The summed E-state index contributed by atoms with van der Waals surface area (Å²) in [6.07, 6.45) is 2.93. The lowest BCUT2D eigenvalue weighted by atomic mass is 10.1. The average Bonchev–Trinajstić information content (AvgIpc) is 3.33. The van der Waals surface area contributed by atoms with Crippen LogP contribution in [0.2, 0.25) is 0 Å². The zero-order valence-corrected chi connectivity index (χ0v) is 17.8. The van der Waals surface area contributed by atoms with Crippen molar-refractivity contribution in [2.75, 3.05) is 22.1 Å². The Morgan fingerprint density at radius 2 is 1.19 bits per heavy atom. The lowest BCUT2D eigenvalue weighted by molar-refractivity contribution is 0.262. The first-order valence-electron chi connectivity index (χ1n) is 8.68. The molecule has 2 amide bonds. The van der Waals surface area contributed by atoms with E-state index in [-0.39, 0.29) is 48.1 Å². The molecular weight excluding hydrogens is 465 g/mol. The average molecular weight is 483 g/mol. The van der Waals surface area contributed by atoms with Gasteiger partial charge in [-0.25, -0.2) is 23.5 Å². The summed E-state index contributed by atoms with van der Waals surface area (Å²) in [5.41, 5.74) is 12.9. The lowest BCUT2D eigenvalue weighted by Crippen LogP contribution is -2.20. The van der Waals surface area contributed by atoms with Crippen molar-refractivity contribution in [2.24, 2.45) is 0 Å². The van der Waals surface area contributed by atoms with Crippen molar-refractivity contribution in [3.63, 3.8) is 0 Å². The minimum atomic E-state index is -0.801. The van der Waals surface area contributed by atoms with E-state index in [2.05, 4.69) is 30.6 Å². The van der Waals surface area contributed by atoms with Gasteiger partial charge >= 0.3 is 6.03 Å². The van der Waals surface area contributed by atoms with Crippen molar-refractivity contribution in [1.82, 2.24) is 19.9 Å². The molecule has 0 aliphatic carbocycles. The van der Waals surface area contributed by atoms with E-state index < -0.39 is 17.7 Å². The van der Waals surface area contributed by atoms with Crippen molar-refractivity contribution in [2.45, 2.75) is 0 Å². The Morgan fingerprint density at radius 3 is 1.50 bits per heavy atom. The summed E-state index contributed by atoms with van der Waals surface area (Å²) < 4.78 is 28.7. The number of aromatic amines is 2. The third-order valence-electron chi connectivity index (χ3n) is 4.25. The molecule has 168 valence electrons. The number of H-pyrrole nitrogens is 2. The minimum absolute atomic E-state index is 0. The number of nitrogens with zero attached hydrogens (tertiary/aromatic N) is 2. The molecule has 2 aromatic carbocycles. The summed E-state index contributed by atoms with van der Waals surface area (Å²) >= 11 is 0. The molecule has 8 N–H and O–H groups in total. The molecule has 13 heteroatoms. The van der Waals surface area contributed by atoms with Crippen molar-refractivity contribution in [3.05, 3.63) is 60.4 Å². The SMILES string of the molecule is Cl.Cl.Nc1ncc(-c2ccc(NC(=O)Nc3ccc(-c4cnc(N)[nH]4)cc3F)c(F)c2)[nH]1. The number of hydrogen-bond acceptors (Lipinski definition) is 5. The van der Waals surface area contributed by atoms with Gasteiger partial charge < -0.3 is 32.1 Å². The van der Waals surface area contributed by atoms with Crippen molar-refractivity contribution in [1.29, 1.82) is 0 Å². The van der Waals surface area contributed by atoms with Crippen LogP contribution in [0.15, 0.2) is 48.8 Å². The second kappa shape index (κ2) is 9.98. The predicted molar refractivity (Wildman–Crippen MR) is 124 cm³/mol. The third kappa shape index (κ3) is 5.25. The fourth-order valence-electron chi connectivity index (χ4n) is 2.81. The highest BCUT2D eigenvalue weighted by Gasteiger charge is 2.13. The van der Waals surface area contributed by atoms with Crippen molar-refractivity contribution < 1.29 is 13.6 Å². The summed E-state index contributed by atoms with van der Waals surface area (Å²) in [7, 11) is 0. The monoisotopic (exact) mass is 482 g/mol. The highest BCUT2D eigenvalue weighted by atomic mass is 35.5. The smallest absolute Gasteiger partial charge is 0.323 e. The number of anilines is 4. The quantitative estimate of drug-likeness (QED) is 0.254. The molecule has 0 aliphatic rings. The molecule has 0 fully saturated rings. The van der Waals surface area contributed by atoms with E-state index in [0.29, 0.717) is 22.5 Å². The zero-order valence-electron chi connectivity index (χ0n) is 16.1. The van der Waals surface area contributed by atoms with Gasteiger partial charge in [0, 0.05) is 11.1 Å². The van der Waals surface area contributed by atoms with E-state index >= 15 is 0 Å². The summed E-state index contributed by atoms with van der Waals surface area (Å²) in [5.74, 6) is -0.945. The van der Waals surface area contributed by atoms with Crippen LogP contribution in [0.3, 0.4) is 0 Å². The van der Waals surface area contributed by atoms with E-state index in [1.165, 1.54) is 36.7 Å². The van der Waals surface area contributed by atoms with Crippen LogP contribution in [0.5, 0.6) is 0 Å². The van der Waals surface area contributed by atoms with Crippen LogP contribution in [0.4, 0.5) is 36.8 Å². The van der Waals surface area contributed by atoms with Gasteiger partial charge in [0.25, 0.3) is 0 Å². The number of carbonyl (C=O) groups is 1. The molecule has 0 aliphatic heterocycles. The topological polar surface area (TPSA) is 151 Å². The van der Waals surface area contributed by atoms with Crippen LogP contribution in [0.25, 0.3) is 22.5 Å². The van der Waals surface area contributed by atoms with Crippen molar-refractivity contribution >= 4 is 54.1 Å². The molecule has 0 unspecified atom stereocenters. The molecule has 0 radical (unpaired) electrons. The Bertz CT molecular complexity index is 1150. The van der Waals surface area contributed by atoms with E-state index in [1.54, 1.807) is 12.1 Å². The standard InChI is InChI=1S/C19H16F2N8O.2ClH/c20-11-5-9(15-7-24-17(22)26-15)1-3-13(11)28-19(30)29-14-4-2-10(6-12(14)21)16-8-25-18(23)27-16;;/h1-8H,(H3,22,24,26)(H3,23,25,27)(H2,28,29,30);2*1H. The zero-order chi connectivity index (χ0) is 21.3. The van der Waals surface area contributed by atoms with Gasteiger partial charge in [-0.1, -0.05) is 12.1 Å². The molecule has 0 saturated carbocycles. The number of urea groups is 1. The summed E-state index contributed by atoms with van der Waals surface area (Å²) in [4.78, 5) is 25.4. The molecule has 32 heavy (non-hydrogen) atoms. The van der Waals surface area contributed by atoms with Gasteiger partial charge in [0.2, 0.25) is 0 Å². The molecule has 0 saturated heterocycles. The molecule has 0 spiro atoms. The van der Waals surface area contributed by atoms with Gasteiger partial charge in [-0.05, 0) is 24.3 Å². The maximum atomic E-state index is 14.4. The van der Waals surface area contributed by atoms with Gasteiger partial charge in [0.1, 0.15) is 11.6 Å². The highest BCUT2D eigenvalue weighted by Crippen LogP contribution is 2.25. The second-order valence-corrected chi connectivity index (χ2v) is 6.33. The normalized spacial score (nSPS) is 10.1. The number of amides is 2. The first kappa shape index (κ1) is 24.4. The number of rotatable bonds is 4. The number of benzene rings is 2. The molecule has 4 rings (SSSR count). The number of nitrogen functional groups attached to an aromatic ring is 2. The van der Waals surface area contributed by atoms with Crippen LogP contribution in [0, 0.1) is 11.6 Å². The number of halogens is 4. The number of carbonyl (C=O) groups excluding carboxylic acids is 1. The lowest BCUT2D eigenvalue weighted by Gasteiger charge is -2.10. The summed E-state index contributed by atoms with van der Waals surface area (Å²) in [6, 6.07) is 7.55. The van der Waals surface area contributed by atoms with Crippen LogP contribution in [0.1, 0.15) is 0 Å². The number of nitrogens with two attached hydrogens (primary N) is 2. The molecular formula is C19H18Cl2F2N8O. The molecule has 2 aromatic heterocycles. The van der Waals surface area contributed by atoms with Gasteiger partial charge in [0.15, 0.2) is 11.9 Å². The third-order valence-corrected chi connectivity index (χ3v) is 4.25. The summed E-state index contributed by atoms with van der Waals surface area (Å²) in [5, 5.41) is 4.69. The van der Waals surface area contributed by atoms with Gasteiger partial charge in [-0.3, -0.25) is 0 Å². The Balaban J connectivity index is 0.00000181. The predicted octanol–water partition coefficient (Wildman–Crippen LogP) is 4.40. The van der Waals surface area contributed by atoms with E-state index in [1.807, 2.05) is 0 Å². The number of aromatic nitrogens is 4. The Morgan fingerprint density at radius 1 is 0.781 bits per heavy atom. The Kier molecular flexibility index (Phi) is 7.63. The fraction of sp³-hybridized carbons (Fsp3) is 0. The molecule has 9 nitrogen and oxygen atoms in total.